The van der Waals surface area contributed by atoms with Crippen molar-refractivity contribution in [2.45, 2.75) is 95.7 Å². The van der Waals surface area contributed by atoms with Crippen LogP contribution < -0.4 is 15.5 Å². The Kier molecular flexibility index (Phi) is 12.5. The molecule has 3 amide bonds. The number of aromatic nitrogens is 2. The molecule has 0 unspecified atom stereocenters. The summed E-state index contributed by atoms with van der Waals surface area (Å²) in [5.74, 6) is -1.12. The Hall–Kier alpha value is -5.58. The fourth-order valence-corrected chi connectivity index (χ4v) is 7.77. The SMILES string of the molecule is O=C(Cn1nc(C(=O)N(c2ccccc2)c2ccccc2-c2cccc(CO)c2)cc1C(=O)N[C@H]1CCCC[C@@H]1OCc1ccccc1)NC1CCCCC1. The van der Waals surface area contributed by atoms with Gasteiger partial charge in [0.05, 0.1) is 31.0 Å². The van der Waals surface area contributed by atoms with E-state index in [9.17, 15) is 19.5 Å². The molecule has 4 aromatic carbocycles. The number of anilines is 2. The molecule has 2 fully saturated rings. The van der Waals surface area contributed by atoms with Crippen molar-refractivity contribution >= 4 is 29.1 Å². The number of carbonyl (C=O) groups excluding carboxylic acids is 3. The molecule has 2 atom stereocenters. The number of nitrogens with one attached hydrogen (secondary N) is 2. The second kappa shape index (κ2) is 18.2. The van der Waals surface area contributed by atoms with E-state index in [1.165, 1.54) is 10.7 Å². The number of rotatable bonds is 13. The number of nitrogens with zero attached hydrogens (tertiary/aromatic N) is 3. The van der Waals surface area contributed by atoms with E-state index in [2.05, 4.69) is 10.6 Å². The summed E-state index contributed by atoms with van der Waals surface area (Å²) in [7, 11) is 0. The van der Waals surface area contributed by atoms with E-state index in [0.717, 1.165) is 80.0 Å². The topological polar surface area (TPSA) is 126 Å². The molecule has 0 saturated heterocycles. The quantitative estimate of drug-likeness (QED) is 0.114. The lowest BCUT2D eigenvalue weighted by molar-refractivity contribution is -0.122. The third-order valence-electron chi connectivity index (χ3n) is 10.6. The van der Waals surface area contributed by atoms with Crippen molar-refractivity contribution in [2.75, 3.05) is 4.90 Å². The highest BCUT2D eigenvalue weighted by Gasteiger charge is 2.32. The predicted octanol–water partition coefficient (Wildman–Crippen LogP) is 7.73. The van der Waals surface area contributed by atoms with Gasteiger partial charge in [-0.15, -0.1) is 0 Å². The van der Waals surface area contributed by atoms with Gasteiger partial charge in [0.15, 0.2) is 5.69 Å². The molecule has 55 heavy (non-hydrogen) atoms. The van der Waals surface area contributed by atoms with Gasteiger partial charge in [0.25, 0.3) is 11.8 Å². The summed E-state index contributed by atoms with van der Waals surface area (Å²) in [6, 6.07) is 35.7. The van der Waals surface area contributed by atoms with Crippen LogP contribution in [0.25, 0.3) is 11.1 Å². The highest BCUT2D eigenvalue weighted by molar-refractivity contribution is 6.12. The monoisotopic (exact) mass is 739 g/mol. The Labute approximate surface area is 322 Å². The second-order valence-electron chi connectivity index (χ2n) is 14.5. The molecular weight excluding hydrogens is 691 g/mol. The largest absolute Gasteiger partial charge is 0.392 e. The van der Waals surface area contributed by atoms with Crippen molar-refractivity contribution < 1.29 is 24.2 Å². The number of carbonyl (C=O) groups is 3. The van der Waals surface area contributed by atoms with Crippen LogP contribution in [0.2, 0.25) is 0 Å². The van der Waals surface area contributed by atoms with E-state index in [1.807, 2.05) is 109 Å². The lowest BCUT2D eigenvalue weighted by Crippen LogP contribution is -2.47. The predicted molar refractivity (Wildman–Crippen MR) is 213 cm³/mol. The molecule has 2 aliphatic rings. The zero-order chi connectivity index (χ0) is 38.0. The molecule has 7 rings (SSSR count). The normalized spacial score (nSPS) is 17.3. The third kappa shape index (κ3) is 9.39. The average molecular weight is 740 g/mol. The third-order valence-corrected chi connectivity index (χ3v) is 10.6. The summed E-state index contributed by atoms with van der Waals surface area (Å²) in [6.07, 6.45) is 8.47. The van der Waals surface area contributed by atoms with Gasteiger partial charge in [-0.2, -0.15) is 5.10 Å². The molecule has 0 radical (unpaired) electrons. The first-order valence-electron chi connectivity index (χ1n) is 19.5. The maximum atomic E-state index is 14.9. The lowest BCUT2D eigenvalue weighted by atomic mass is 9.92. The molecule has 10 heteroatoms. The van der Waals surface area contributed by atoms with Crippen molar-refractivity contribution in [3.63, 3.8) is 0 Å². The average Bonchev–Trinajstić information content (AvgIpc) is 3.65. The maximum absolute atomic E-state index is 14.9. The first-order valence-corrected chi connectivity index (χ1v) is 19.5. The first kappa shape index (κ1) is 37.7. The van der Waals surface area contributed by atoms with E-state index in [1.54, 1.807) is 4.90 Å². The van der Waals surface area contributed by atoms with Crippen LogP contribution >= 0.6 is 0 Å². The molecule has 3 N–H and O–H groups in total. The fourth-order valence-electron chi connectivity index (χ4n) is 7.77. The molecule has 10 nitrogen and oxygen atoms in total. The van der Waals surface area contributed by atoms with Gasteiger partial charge in [0, 0.05) is 23.4 Å². The zero-order valence-corrected chi connectivity index (χ0v) is 31.1. The van der Waals surface area contributed by atoms with E-state index in [-0.39, 0.29) is 48.6 Å². The Balaban J connectivity index is 1.21. The van der Waals surface area contributed by atoms with Crippen LogP contribution in [0, 0.1) is 0 Å². The van der Waals surface area contributed by atoms with E-state index >= 15 is 0 Å². The summed E-state index contributed by atoms with van der Waals surface area (Å²) >= 11 is 0. The van der Waals surface area contributed by atoms with Gasteiger partial charge >= 0.3 is 0 Å². The molecule has 5 aromatic rings. The number of ether oxygens (including phenoxy) is 1. The smallest absolute Gasteiger partial charge is 0.283 e. The second-order valence-corrected chi connectivity index (χ2v) is 14.5. The molecule has 2 saturated carbocycles. The van der Waals surface area contributed by atoms with Crippen molar-refractivity contribution in [3.05, 3.63) is 138 Å². The molecule has 0 bridgehead atoms. The molecule has 1 heterocycles. The van der Waals surface area contributed by atoms with Gasteiger partial charge in [0.1, 0.15) is 12.2 Å². The number of amides is 3. The highest BCUT2D eigenvalue weighted by atomic mass is 16.5. The number of para-hydroxylation sites is 2. The fraction of sp³-hybridized carbons (Fsp3) is 0.333. The van der Waals surface area contributed by atoms with Crippen molar-refractivity contribution in [2.24, 2.45) is 0 Å². The van der Waals surface area contributed by atoms with Gasteiger partial charge in [-0.3, -0.25) is 19.3 Å². The molecule has 0 spiro atoms. The van der Waals surface area contributed by atoms with Crippen molar-refractivity contribution in [1.29, 1.82) is 0 Å². The Morgan fingerprint density at radius 2 is 1.44 bits per heavy atom. The summed E-state index contributed by atoms with van der Waals surface area (Å²) in [6.45, 7) is 0.118. The van der Waals surface area contributed by atoms with Crippen LogP contribution in [-0.4, -0.2) is 50.8 Å². The minimum atomic E-state index is -0.459. The van der Waals surface area contributed by atoms with Crippen LogP contribution in [0.15, 0.2) is 115 Å². The van der Waals surface area contributed by atoms with Crippen LogP contribution in [0.4, 0.5) is 11.4 Å². The minimum absolute atomic E-state index is 0.0268. The lowest BCUT2D eigenvalue weighted by Gasteiger charge is -2.32. The van der Waals surface area contributed by atoms with E-state index in [0.29, 0.717) is 18.0 Å². The Bertz CT molecular complexity index is 2060. The number of benzene rings is 4. The molecule has 0 aliphatic heterocycles. The van der Waals surface area contributed by atoms with Crippen LogP contribution in [-0.2, 0) is 29.3 Å². The first-order chi connectivity index (χ1) is 27.0. The number of aliphatic hydroxyl groups excluding tert-OH is 1. The number of hydrogen-bond donors (Lipinski definition) is 3. The Morgan fingerprint density at radius 1 is 0.745 bits per heavy atom. The van der Waals surface area contributed by atoms with Crippen molar-refractivity contribution in [3.8, 4) is 11.1 Å². The van der Waals surface area contributed by atoms with Crippen LogP contribution in [0.5, 0.6) is 0 Å². The summed E-state index contributed by atoms with van der Waals surface area (Å²) in [5.41, 5.74) is 4.78. The van der Waals surface area contributed by atoms with Gasteiger partial charge < -0.3 is 20.5 Å². The van der Waals surface area contributed by atoms with E-state index < -0.39 is 11.8 Å². The molecule has 2 aliphatic carbocycles. The summed E-state index contributed by atoms with van der Waals surface area (Å²) in [5, 5.41) is 20.9. The molecular formula is C45H49N5O5. The summed E-state index contributed by atoms with van der Waals surface area (Å²) < 4.78 is 7.72. The maximum Gasteiger partial charge on any atom is 0.283 e. The highest BCUT2D eigenvalue weighted by Crippen LogP contribution is 2.37. The number of hydrogen-bond acceptors (Lipinski definition) is 6. The molecule has 284 valence electrons. The minimum Gasteiger partial charge on any atom is -0.392 e. The van der Waals surface area contributed by atoms with Gasteiger partial charge in [-0.05, 0) is 66.6 Å². The van der Waals surface area contributed by atoms with Gasteiger partial charge in [-0.25, -0.2) is 4.68 Å². The van der Waals surface area contributed by atoms with Crippen molar-refractivity contribution in [1.82, 2.24) is 20.4 Å². The van der Waals surface area contributed by atoms with E-state index in [4.69, 9.17) is 9.84 Å². The zero-order valence-electron chi connectivity index (χ0n) is 31.1. The number of aliphatic hydroxyl groups is 1. The van der Waals surface area contributed by atoms with Gasteiger partial charge in [-0.1, -0.05) is 117 Å². The molecule has 1 aromatic heterocycles. The standard InChI is InChI=1S/C45H49N5O5/c51-30-33-17-14-18-34(27-33)37-23-10-12-25-40(37)50(36-21-8-3-9-22-36)45(54)39-28-41(49(48-39)29-43(52)46-35-19-6-2-7-20-35)44(53)47-38-24-11-13-26-42(38)55-31-32-15-4-1-5-16-32/h1,3-5,8-10,12,14-18,21-23,25,27-28,35,38,42,51H,2,6-7,11,13,19-20,24,26,29-31H2,(H,46,52)(H,47,53)/t38-,42-/m0/s1. The summed E-state index contributed by atoms with van der Waals surface area (Å²) in [4.78, 5) is 44.2. The Morgan fingerprint density at radius 3 is 2.22 bits per heavy atom. The van der Waals surface area contributed by atoms with Gasteiger partial charge in [0.2, 0.25) is 5.91 Å². The van der Waals surface area contributed by atoms with Crippen LogP contribution in [0.3, 0.4) is 0 Å². The van der Waals surface area contributed by atoms with Crippen LogP contribution in [0.1, 0.15) is 89.9 Å².